The Labute approximate surface area is 110 Å². The zero-order valence-corrected chi connectivity index (χ0v) is 11.5. The predicted octanol–water partition coefficient (Wildman–Crippen LogP) is 1.58. The van der Waals surface area contributed by atoms with E-state index in [1.165, 1.54) is 12.8 Å². The van der Waals surface area contributed by atoms with E-state index in [0.717, 1.165) is 31.2 Å². The quantitative estimate of drug-likeness (QED) is 0.891. The molecule has 1 aliphatic rings. The minimum atomic E-state index is 0. The van der Waals surface area contributed by atoms with E-state index < -0.39 is 0 Å². The Balaban J connectivity index is 0.00000144. The summed E-state index contributed by atoms with van der Waals surface area (Å²) in [6.07, 6.45) is 2.49. The molecule has 0 saturated carbocycles. The number of nitrogens with one attached hydrogen (secondary N) is 1. The third kappa shape index (κ3) is 4.52. The minimum absolute atomic E-state index is 0. The predicted molar refractivity (Wildman–Crippen MR) is 73.0 cm³/mol. The van der Waals surface area contributed by atoms with Gasteiger partial charge in [-0.25, -0.2) is 4.98 Å². The molecular weight excluding hydrogens is 234 g/mol. The number of aryl methyl sites for hydroxylation is 2. The summed E-state index contributed by atoms with van der Waals surface area (Å²) < 4.78 is 5.72. The first kappa shape index (κ1) is 14.3. The van der Waals surface area contributed by atoms with Crippen molar-refractivity contribution in [2.24, 2.45) is 5.92 Å². The Kier molecular flexibility index (Phi) is 5.71. The van der Waals surface area contributed by atoms with E-state index in [4.69, 9.17) is 4.74 Å². The van der Waals surface area contributed by atoms with Crippen LogP contribution in [0.5, 0.6) is 5.88 Å². The van der Waals surface area contributed by atoms with Gasteiger partial charge in [0.05, 0.1) is 6.61 Å². The van der Waals surface area contributed by atoms with Gasteiger partial charge >= 0.3 is 0 Å². The van der Waals surface area contributed by atoms with E-state index in [9.17, 15) is 0 Å². The summed E-state index contributed by atoms with van der Waals surface area (Å²) in [5.41, 5.74) is 0.962. The average molecular weight is 255 g/mol. The van der Waals surface area contributed by atoms with Gasteiger partial charge in [-0.3, -0.25) is 0 Å². The Morgan fingerprint density at radius 3 is 2.88 bits per heavy atom. The Hall–Kier alpha value is -0.810. The lowest BCUT2D eigenvalue weighted by Crippen LogP contribution is -2.33. The van der Waals surface area contributed by atoms with Crippen molar-refractivity contribution in [1.82, 2.24) is 15.3 Å². The summed E-state index contributed by atoms with van der Waals surface area (Å²) in [6.45, 7) is 6.81. The molecule has 5 heteroatoms. The van der Waals surface area contributed by atoms with Crippen molar-refractivity contribution in [3.05, 3.63) is 17.6 Å². The molecule has 0 amide bonds. The number of aromatic nitrogens is 2. The summed E-state index contributed by atoms with van der Waals surface area (Å²) in [4.78, 5) is 8.49. The molecular formula is C12H21N3OS. The molecule has 0 aromatic carbocycles. The first-order valence-electron chi connectivity index (χ1n) is 5.90. The van der Waals surface area contributed by atoms with E-state index in [0.29, 0.717) is 11.8 Å². The Morgan fingerprint density at radius 1 is 1.41 bits per heavy atom. The smallest absolute Gasteiger partial charge is 0.216 e. The lowest BCUT2D eigenvalue weighted by Gasteiger charge is -2.22. The van der Waals surface area contributed by atoms with Crippen molar-refractivity contribution in [2.45, 2.75) is 26.7 Å². The molecule has 0 spiro atoms. The molecule has 1 aliphatic heterocycles. The van der Waals surface area contributed by atoms with E-state index in [-0.39, 0.29) is 13.5 Å². The van der Waals surface area contributed by atoms with Crippen molar-refractivity contribution in [3.63, 3.8) is 0 Å². The summed E-state index contributed by atoms with van der Waals surface area (Å²) in [7, 11) is 0. The van der Waals surface area contributed by atoms with Gasteiger partial charge in [0.15, 0.2) is 0 Å². The Morgan fingerprint density at radius 2 is 2.24 bits per heavy atom. The van der Waals surface area contributed by atoms with Gasteiger partial charge in [0.1, 0.15) is 5.82 Å². The number of piperidine rings is 1. The average Bonchev–Trinajstić information content (AvgIpc) is 2.27. The molecule has 0 aliphatic carbocycles. The lowest BCUT2D eigenvalue weighted by atomic mass is 10.0. The van der Waals surface area contributed by atoms with Crippen LogP contribution in [0.3, 0.4) is 0 Å². The van der Waals surface area contributed by atoms with Crippen molar-refractivity contribution in [1.29, 1.82) is 0 Å². The van der Waals surface area contributed by atoms with Crippen LogP contribution in [0.2, 0.25) is 0 Å². The second-order valence-electron chi connectivity index (χ2n) is 4.42. The normalized spacial score (nSPS) is 19.5. The zero-order valence-electron chi connectivity index (χ0n) is 10.5. The van der Waals surface area contributed by atoms with Crippen molar-refractivity contribution < 1.29 is 4.74 Å². The number of hydrogen-bond donors (Lipinski definition) is 1. The van der Waals surface area contributed by atoms with Gasteiger partial charge in [0.2, 0.25) is 5.88 Å². The highest BCUT2D eigenvalue weighted by molar-refractivity contribution is 7.59. The summed E-state index contributed by atoms with van der Waals surface area (Å²) in [5.74, 6) is 2.09. The fraction of sp³-hybridized carbons (Fsp3) is 0.667. The topological polar surface area (TPSA) is 47.0 Å². The van der Waals surface area contributed by atoms with Gasteiger partial charge in [-0.05, 0) is 33.2 Å². The van der Waals surface area contributed by atoms with E-state index in [1.807, 2.05) is 19.9 Å². The number of hydrogen-bond acceptors (Lipinski definition) is 4. The standard InChI is InChI=1S/C12H19N3O.H2S/c1-9-6-12(15-10(2)14-9)16-8-11-4-3-5-13-7-11;/h6,11,13H,3-5,7-8H2,1-2H3;1H2/t11-;/m0./s1. The first-order chi connectivity index (χ1) is 7.74. The van der Waals surface area contributed by atoms with Crippen LogP contribution in [-0.4, -0.2) is 29.7 Å². The molecule has 1 N–H and O–H groups in total. The van der Waals surface area contributed by atoms with Gasteiger partial charge in [0.25, 0.3) is 0 Å². The molecule has 1 atom stereocenters. The fourth-order valence-electron chi connectivity index (χ4n) is 2.03. The molecule has 96 valence electrons. The van der Waals surface area contributed by atoms with Crippen LogP contribution in [0.1, 0.15) is 24.4 Å². The highest BCUT2D eigenvalue weighted by Gasteiger charge is 2.13. The molecule has 1 saturated heterocycles. The second-order valence-corrected chi connectivity index (χ2v) is 4.42. The van der Waals surface area contributed by atoms with Gasteiger partial charge in [-0.1, -0.05) is 0 Å². The number of rotatable bonds is 3. The van der Waals surface area contributed by atoms with Crippen molar-refractivity contribution in [2.75, 3.05) is 19.7 Å². The molecule has 2 heterocycles. The third-order valence-corrected chi connectivity index (χ3v) is 2.81. The van der Waals surface area contributed by atoms with E-state index in [1.54, 1.807) is 0 Å². The van der Waals surface area contributed by atoms with E-state index in [2.05, 4.69) is 15.3 Å². The van der Waals surface area contributed by atoms with Crippen molar-refractivity contribution >= 4 is 13.5 Å². The fourth-order valence-corrected chi connectivity index (χ4v) is 2.03. The van der Waals surface area contributed by atoms with Crippen LogP contribution < -0.4 is 10.1 Å². The molecule has 1 fully saturated rings. The highest BCUT2D eigenvalue weighted by atomic mass is 32.1. The second kappa shape index (κ2) is 6.81. The highest BCUT2D eigenvalue weighted by Crippen LogP contribution is 2.13. The molecule has 4 nitrogen and oxygen atoms in total. The van der Waals surface area contributed by atoms with Gasteiger partial charge in [-0.2, -0.15) is 18.5 Å². The summed E-state index contributed by atoms with van der Waals surface area (Å²) in [5, 5.41) is 3.38. The molecule has 17 heavy (non-hydrogen) atoms. The number of ether oxygens (including phenoxy) is 1. The molecule has 0 bridgehead atoms. The van der Waals surface area contributed by atoms with Crippen LogP contribution in [0, 0.1) is 19.8 Å². The maximum absolute atomic E-state index is 5.72. The van der Waals surface area contributed by atoms with Crippen molar-refractivity contribution in [3.8, 4) is 5.88 Å². The molecule has 0 radical (unpaired) electrons. The zero-order chi connectivity index (χ0) is 11.4. The van der Waals surface area contributed by atoms with E-state index >= 15 is 0 Å². The summed E-state index contributed by atoms with van der Waals surface area (Å²) >= 11 is 0. The van der Waals surface area contributed by atoms with Gasteiger partial charge in [0, 0.05) is 24.2 Å². The van der Waals surface area contributed by atoms with Crippen LogP contribution in [0.4, 0.5) is 0 Å². The summed E-state index contributed by atoms with van der Waals surface area (Å²) in [6, 6.07) is 1.89. The number of nitrogens with zero attached hydrogens (tertiary/aromatic N) is 2. The van der Waals surface area contributed by atoms with Crippen LogP contribution >= 0.6 is 13.5 Å². The van der Waals surface area contributed by atoms with Crippen LogP contribution in [0.25, 0.3) is 0 Å². The van der Waals surface area contributed by atoms with Crippen LogP contribution in [-0.2, 0) is 0 Å². The monoisotopic (exact) mass is 255 g/mol. The Bertz CT molecular complexity index is 333. The van der Waals surface area contributed by atoms with Crippen LogP contribution in [0.15, 0.2) is 6.07 Å². The lowest BCUT2D eigenvalue weighted by molar-refractivity contribution is 0.211. The molecule has 0 unspecified atom stereocenters. The van der Waals surface area contributed by atoms with Gasteiger partial charge in [-0.15, -0.1) is 0 Å². The maximum atomic E-state index is 5.72. The first-order valence-corrected chi connectivity index (χ1v) is 5.90. The SMILES string of the molecule is Cc1cc(OC[C@H]2CCCNC2)nc(C)n1.S. The maximum Gasteiger partial charge on any atom is 0.216 e. The van der Waals surface area contributed by atoms with Gasteiger partial charge < -0.3 is 10.1 Å². The largest absolute Gasteiger partial charge is 0.477 e. The molecule has 2 rings (SSSR count). The molecule has 1 aromatic heterocycles. The minimum Gasteiger partial charge on any atom is -0.477 e. The molecule has 1 aromatic rings. The third-order valence-electron chi connectivity index (χ3n) is 2.81.